The van der Waals surface area contributed by atoms with Crippen LogP contribution in [0.1, 0.15) is 26.7 Å². The van der Waals surface area contributed by atoms with Gasteiger partial charge in [-0.2, -0.15) is 0 Å². The SMILES string of the molecule is CC1(C)C2CCC(O2)C1C(=O)O. The van der Waals surface area contributed by atoms with Crippen LogP contribution in [-0.4, -0.2) is 23.3 Å². The standard InChI is InChI=1S/C9H14O3/c1-9(2)6-4-3-5(12-6)7(9)8(10)11/h5-7H,3-4H2,1-2H3,(H,10,11). The van der Waals surface area contributed by atoms with E-state index >= 15 is 0 Å². The molecule has 1 N–H and O–H groups in total. The van der Waals surface area contributed by atoms with Crippen LogP contribution in [0.25, 0.3) is 0 Å². The second-order valence-electron chi connectivity index (χ2n) is 4.38. The zero-order valence-electron chi connectivity index (χ0n) is 7.41. The monoisotopic (exact) mass is 170 g/mol. The number of hydrogen-bond donors (Lipinski definition) is 1. The Hall–Kier alpha value is -0.570. The summed E-state index contributed by atoms with van der Waals surface area (Å²) in [6.45, 7) is 3.99. The molecule has 3 atom stereocenters. The summed E-state index contributed by atoms with van der Waals surface area (Å²) in [5.41, 5.74) is -0.172. The normalized spacial score (nSPS) is 43.3. The summed E-state index contributed by atoms with van der Waals surface area (Å²) in [4.78, 5) is 10.9. The highest BCUT2D eigenvalue weighted by Crippen LogP contribution is 2.51. The van der Waals surface area contributed by atoms with Crippen molar-refractivity contribution >= 4 is 5.97 Å². The van der Waals surface area contributed by atoms with Crippen molar-refractivity contribution < 1.29 is 14.6 Å². The van der Waals surface area contributed by atoms with Crippen LogP contribution in [0.4, 0.5) is 0 Å². The Kier molecular flexibility index (Phi) is 1.49. The molecule has 0 aliphatic carbocycles. The molecule has 2 heterocycles. The molecule has 0 aromatic rings. The fourth-order valence-corrected chi connectivity index (χ4v) is 2.61. The minimum Gasteiger partial charge on any atom is -0.481 e. The van der Waals surface area contributed by atoms with Crippen molar-refractivity contribution in [2.75, 3.05) is 0 Å². The van der Waals surface area contributed by atoms with Gasteiger partial charge in [-0.25, -0.2) is 0 Å². The van der Waals surface area contributed by atoms with E-state index in [2.05, 4.69) is 0 Å². The van der Waals surface area contributed by atoms with Gasteiger partial charge in [-0.15, -0.1) is 0 Å². The van der Waals surface area contributed by atoms with E-state index < -0.39 is 5.97 Å². The third kappa shape index (κ3) is 0.829. The Morgan fingerprint density at radius 2 is 2.17 bits per heavy atom. The van der Waals surface area contributed by atoms with Crippen LogP contribution in [0.3, 0.4) is 0 Å². The number of aliphatic carboxylic acids is 1. The van der Waals surface area contributed by atoms with E-state index in [0.717, 1.165) is 12.8 Å². The molecule has 0 aromatic carbocycles. The van der Waals surface area contributed by atoms with E-state index in [9.17, 15) is 4.79 Å². The molecule has 0 radical (unpaired) electrons. The van der Waals surface area contributed by atoms with Crippen LogP contribution in [0.15, 0.2) is 0 Å². The number of fused-ring (bicyclic) bond motifs is 2. The van der Waals surface area contributed by atoms with Gasteiger partial charge < -0.3 is 9.84 Å². The van der Waals surface area contributed by atoms with Crippen molar-refractivity contribution in [3.63, 3.8) is 0 Å². The molecule has 12 heavy (non-hydrogen) atoms. The van der Waals surface area contributed by atoms with Crippen molar-refractivity contribution in [3.05, 3.63) is 0 Å². The molecule has 2 fully saturated rings. The maximum absolute atomic E-state index is 10.9. The van der Waals surface area contributed by atoms with Crippen LogP contribution >= 0.6 is 0 Å². The maximum atomic E-state index is 10.9. The third-order valence-electron chi connectivity index (χ3n) is 3.32. The first-order valence-corrected chi connectivity index (χ1v) is 4.41. The maximum Gasteiger partial charge on any atom is 0.309 e. The van der Waals surface area contributed by atoms with E-state index in [0.29, 0.717) is 0 Å². The molecule has 3 heteroatoms. The minimum absolute atomic E-state index is 0.0255. The average Bonchev–Trinajstić information content (AvgIpc) is 2.41. The van der Waals surface area contributed by atoms with Gasteiger partial charge in [0.2, 0.25) is 0 Å². The first-order chi connectivity index (χ1) is 5.53. The van der Waals surface area contributed by atoms with E-state index in [1.807, 2.05) is 13.8 Å². The van der Waals surface area contributed by atoms with Crippen molar-refractivity contribution in [2.45, 2.75) is 38.9 Å². The lowest BCUT2D eigenvalue weighted by Gasteiger charge is -2.31. The predicted molar refractivity (Wildman–Crippen MR) is 42.8 cm³/mol. The molecule has 2 aliphatic rings. The van der Waals surface area contributed by atoms with Crippen LogP contribution < -0.4 is 0 Å². The summed E-state index contributed by atoms with van der Waals surface area (Å²) in [7, 11) is 0. The first-order valence-electron chi connectivity index (χ1n) is 4.41. The number of carboxylic acids is 1. The molecule has 68 valence electrons. The van der Waals surface area contributed by atoms with Crippen LogP contribution in [0.5, 0.6) is 0 Å². The van der Waals surface area contributed by atoms with E-state index in [4.69, 9.17) is 9.84 Å². The van der Waals surface area contributed by atoms with Gasteiger partial charge >= 0.3 is 5.97 Å². The lowest BCUT2D eigenvalue weighted by atomic mass is 9.69. The van der Waals surface area contributed by atoms with Crippen LogP contribution in [0, 0.1) is 11.3 Å². The fourth-order valence-electron chi connectivity index (χ4n) is 2.61. The number of ether oxygens (including phenoxy) is 1. The van der Waals surface area contributed by atoms with Crippen molar-refractivity contribution in [1.82, 2.24) is 0 Å². The third-order valence-corrected chi connectivity index (χ3v) is 3.32. The molecule has 0 spiro atoms. The summed E-state index contributed by atoms with van der Waals surface area (Å²) in [5.74, 6) is -0.997. The highest BCUT2D eigenvalue weighted by Gasteiger charge is 2.57. The van der Waals surface area contributed by atoms with Crippen molar-refractivity contribution in [2.24, 2.45) is 11.3 Å². The Morgan fingerprint density at radius 1 is 1.50 bits per heavy atom. The van der Waals surface area contributed by atoms with E-state index in [-0.39, 0.29) is 23.5 Å². The second-order valence-corrected chi connectivity index (χ2v) is 4.38. The molecule has 2 aliphatic heterocycles. The van der Waals surface area contributed by atoms with Crippen molar-refractivity contribution in [1.29, 1.82) is 0 Å². The number of carbonyl (C=O) groups is 1. The van der Waals surface area contributed by atoms with Crippen LogP contribution in [-0.2, 0) is 9.53 Å². The molecule has 2 rings (SSSR count). The topological polar surface area (TPSA) is 46.5 Å². The van der Waals surface area contributed by atoms with Crippen LogP contribution in [0.2, 0.25) is 0 Å². The zero-order valence-corrected chi connectivity index (χ0v) is 7.41. The van der Waals surface area contributed by atoms with E-state index in [1.165, 1.54) is 0 Å². The van der Waals surface area contributed by atoms with Gasteiger partial charge in [-0.3, -0.25) is 4.79 Å². The summed E-state index contributed by atoms with van der Waals surface area (Å²) in [6.07, 6.45) is 2.10. The molecular formula is C9H14O3. The Balaban J connectivity index is 2.29. The lowest BCUT2D eigenvalue weighted by molar-refractivity contribution is -0.146. The number of rotatable bonds is 1. The number of hydrogen-bond acceptors (Lipinski definition) is 2. The quantitative estimate of drug-likeness (QED) is 0.644. The molecule has 3 unspecified atom stereocenters. The van der Waals surface area contributed by atoms with Gasteiger partial charge in [0.15, 0.2) is 0 Å². The predicted octanol–water partition coefficient (Wildman–Crippen LogP) is 1.27. The summed E-state index contributed by atoms with van der Waals surface area (Å²) < 4.78 is 5.58. The summed E-state index contributed by atoms with van der Waals surface area (Å²) in [6, 6.07) is 0. The Bertz CT molecular complexity index is 222. The fraction of sp³-hybridized carbons (Fsp3) is 0.889. The lowest BCUT2D eigenvalue weighted by Crippen LogP contribution is -2.39. The van der Waals surface area contributed by atoms with Gasteiger partial charge in [0.05, 0.1) is 18.1 Å². The minimum atomic E-state index is -0.702. The molecule has 0 aromatic heterocycles. The molecule has 2 bridgehead atoms. The first kappa shape index (κ1) is 8.05. The average molecular weight is 170 g/mol. The van der Waals surface area contributed by atoms with Gasteiger partial charge in [-0.05, 0) is 12.8 Å². The summed E-state index contributed by atoms with van der Waals surface area (Å²) in [5, 5.41) is 8.99. The Labute approximate surface area is 71.7 Å². The van der Waals surface area contributed by atoms with E-state index in [1.54, 1.807) is 0 Å². The summed E-state index contributed by atoms with van der Waals surface area (Å²) >= 11 is 0. The van der Waals surface area contributed by atoms with Gasteiger partial charge in [0.1, 0.15) is 0 Å². The largest absolute Gasteiger partial charge is 0.481 e. The molecule has 2 saturated heterocycles. The molecule has 0 amide bonds. The molecule has 0 saturated carbocycles. The zero-order chi connectivity index (χ0) is 8.93. The number of carboxylic acid groups (broad SMARTS) is 1. The second kappa shape index (κ2) is 2.22. The van der Waals surface area contributed by atoms with Gasteiger partial charge in [-0.1, -0.05) is 13.8 Å². The van der Waals surface area contributed by atoms with Crippen molar-refractivity contribution in [3.8, 4) is 0 Å². The molecule has 3 nitrogen and oxygen atoms in total. The molecular weight excluding hydrogens is 156 g/mol. The van der Waals surface area contributed by atoms with Gasteiger partial charge in [0.25, 0.3) is 0 Å². The highest BCUT2D eigenvalue weighted by molar-refractivity contribution is 5.72. The van der Waals surface area contributed by atoms with Gasteiger partial charge in [0, 0.05) is 5.41 Å². The highest BCUT2D eigenvalue weighted by atomic mass is 16.5. The smallest absolute Gasteiger partial charge is 0.309 e. The Morgan fingerprint density at radius 3 is 2.50 bits per heavy atom.